The number of pyridine rings is 1. The van der Waals surface area contributed by atoms with Crippen LogP contribution in [0.1, 0.15) is 13.3 Å². The topological polar surface area (TPSA) is 54.6 Å². The lowest BCUT2D eigenvalue weighted by atomic mass is 10.0. The molecular weight excluding hydrogens is 312 g/mol. The Kier molecular flexibility index (Phi) is 3.82. The van der Waals surface area contributed by atoms with E-state index < -0.39 is 0 Å². The number of fused-ring (bicyclic) bond motifs is 4. The van der Waals surface area contributed by atoms with Crippen molar-refractivity contribution < 1.29 is 5.11 Å². The summed E-state index contributed by atoms with van der Waals surface area (Å²) in [6.07, 6.45) is 0.875. The van der Waals surface area contributed by atoms with E-state index in [4.69, 9.17) is 5.11 Å². The fourth-order valence-electron chi connectivity index (χ4n) is 3.24. The van der Waals surface area contributed by atoms with Crippen LogP contribution in [-0.2, 0) is 0 Å². The van der Waals surface area contributed by atoms with Crippen molar-refractivity contribution in [3.05, 3.63) is 71.0 Å². The minimum Gasteiger partial charge on any atom is -0.396 e. The van der Waals surface area contributed by atoms with Crippen molar-refractivity contribution in [3.63, 3.8) is 0 Å². The number of aliphatic hydroxyl groups excluding tert-OH is 1. The van der Waals surface area contributed by atoms with Crippen LogP contribution in [0, 0.1) is 0 Å². The highest BCUT2D eigenvalue weighted by atomic mass is 16.2. The summed E-state index contributed by atoms with van der Waals surface area (Å²) >= 11 is 0. The van der Waals surface area contributed by atoms with Gasteiger partial charge in [-0.2, -0.15) is 0 Å². The molecule has 0 unspecified atom stereocenters. The Bertz CT molecular complexity index is 1230. The summed E-state index contributed by atoms with van der Waals surface area (Å²) in [5.41, 5.74) is 2.46. The van der Waals surface area contributed by atoms with Gasteiger partial charge in [0.05, 0.1) is 11.0 Å². The van der Waals surface area contributed by atoms with E-state index in [-0.39, 0.29) is 5.56 Å². The number of aromatic nitrogens is 2. The van der Waals surface area contributed by atoms with E-state index in [1.165, 1.54) is 0 Å². The lowest BCUT2D eigenvalue weighted by Gasteiger charge is -2.06. The highest BCUT2D eigenvalue weighted by Crippen LogP contribution is 2.29. The first kappa shape index (κ1) is 15.5. The Labute approximate surface area is 144 Å². The van der Waals surface area contributed by atoms with Gasteiger partial charge in [0.25, 0.3) is 5.56 Å². The number of aliphatic hydroxyl groups is 1. The fourth-order valence-corrected chi connectivity index (χ4v) is 3.24. The van der Waals surface area contributed by atoms with Crippen molar-refractivity contribution in [2.45, 2.75) is 13.3 Å². The lowest BCUT2D eigenvalue weighted by molar-refractivity contribution is 0.295. The molecule has 4 heteroatoms. The molecule has 2 heterocycles. The van der Waals surface area contributed by atoms with E-state index in [1.54, 1.807) is 4.40 Å². The van der Waals surface area contributed by atoms with E-state index in [9.17, 15) is 4.79 Å². The molecule has 0 fully saturated rings. The molecule has 124 valence electrons. The Hall–Kier alpha value is -2.98. The maximum absolute atomic E-state index is 12.9. The molecule has 0 spiro atoms. The maximum atomic E-state index is 12.9. The number of hydrogen-bond acceptors (Lipinski definition) is 3. The van der Waals surface area contributed by atoms with Gasteiger partial charge in [0.2, 0.25) is 0 Å². The number of rotatable bonds is 1. The lowest BCUT2D eigenvalue weighted by Crippen LogP contribution is -2.13. The van der Waals surface area contributed by atoms with Crippen molar-refractivity contribution in [2.24, 2.45) is 0 Å². The molecule has 0 atom stereocenters. The number of para-hydroxylation sites is 2. The average molecular weight is 330 g/mol. The number of imidazole rings is 1. The highest BCUT2D eigenvalue weighted by Gasteiger charge is 2.14. The summed E-state index contributed by atoms with van der Waals surface area (Å²) in [6, 6.07) is 19.7. The Balaban J connectivity index is 0.000000358. The molecule has 1 N–H and O–H groups in total. The van der Waals surface area contributed by atoms with Gasteiger partial charge >= 0.3 is 0 Å². The first-order valence-electron chi connectivity index (χ1n) is 8.41. The van der Waals surface area contributed by atoms with Gasteiger partial charge in [-0.15, -0.1) is 0 Å². The Morgan fingerprint density at radius 1 is 0.960 bits per heavy atom. The minimum atomic E-state index is 0.00278. The predicted octanol–water partition coefficient (Wildman–Crippen LogP) is 3.98. The van der Waals surface area contributed by atoms with Gasteiger partial charge in [-0.3, -0.25) is 9.20 Å². The van der Waals surface area contributed by atoms with Crippen LogP contribution in [0.25, 0.3) is 38.2 Å². The second-order valence-corrected chi connectivity index (χ2v) is 6.00. The van der Waals surface area contributed by atoms with Crippen molar-refractivity contribution in [3.8, 4) is 0 Å². The van der Waals surface area contributed by atoms with Crippen molar-refractivity contribution in [1.82, 2.24) is 9.38 Å². The number of benzene rings is 3. The SMILES string of the molecule is CCCO.O=c1c2cccc3cccc(c32)c2nc3ccccc3n12. The monoisotopic (exact) mass is 330 g/mol. The van der Waals surface area contributed by atoms with Gasteiger partial charge in [0.15, 0.2) is 0 Å². The largest absolute Gasteiger partial charge is 0.396 e. The normalized spacial score (nSPS) is 11.3. The van der Waals surface area contributed by atoms with Gasteiger partial charge in [0.1, 0.15) is 5.65 Å². The van der Waals surface area contributed by atoms with E-state index in [0.717, 1.165) is 44.6 Å². The van der Waals surface area contributed by atoms with Gasteiger partial charge in [-0.05, 0) is 30.0 Å². The van der Waals surface area contributed by atoms with E-state index in [0.29, 0.717) is 6.61 Å². The van der Waals surface area contributed by atoms with Crippen molar-refractivity contribution >= 4 is 38.2 Å². The van der Waals surface area contributed by atoms with Gasteiger partial charge < -0.3 is 5.11 Å². The molecule has 0 aliphatic heterocycles. The molecule has 25 heavy (non-hydrogen) atoms. The van der Waals surface area contributed by atoms with Crippen LogP contribution < -0.4 is 5.56 Å². The molecule has 0 aliphatic carbocycles. The molecule has 0 radical (unpaired) electrons. The third kappa shape index (κ3) is 2.34. The van der Waals surface area contributed by atoms with E-state index >= 15 is 0 Å². The second-order valence-electron chi connectivity index (χ2n) is 6.00. The van der Waals surface area contributed by atoms with Crippen LogP contribution in [0.15, 0.2) is 65.5 Å². The molecular formula is C21H18N2O2. The zero-order valence-electron chi connectivity index (χ0n) is 13.9. The number of nitrogens with zero attached hydrogens (tertiary/aromatic N) is 2. The van der Waals surface area contributed by atoms with Gasteiger partial charge in [-0.1, -0.05) is 49.4 Å². The zero-order chi connectivity index (χ0) is 17.4. The first-order chi connectivity index (χ1) is 12.3. The van der Waals surface area contributed by atoms with Crippen molar-refractivity contribution in [1.29, 1.82) is 0 Å². The van der Waals surface area contributed by atoms with Crippen LogP contribution in [0.5, 0.6) is 0 Å². The molecule has 4 nitrogen and oxygen atoms in total. The van der Waals surface area contributed by atoms with E-state index in [1.807, 2.05) is 67.6 Å². The molecule has 0 saturated heterocycles. The quantitative estimate of drug-likeness (QED) is 0.506. The minimum absolute atomic E-state index is 0.00278. The van der Waals surface area contributed by atoms with Crippen LogP contribution in [0.4, 0.5) is 0 Å². The molecule has 5 aromatic rings. The maximum Gasteiger partial charge on any atom is 0.264 e. The summed E-state index contributed by atoms with van der Waals surface area (Å²) in [7, 11) is 0. The standard InChI is InChI=1S/C18H10N2O.C3H8O/c21-18-13-8-4-6-11-5-3-7-12(16(11)13)17-19-14-9-1-2-10-15(14)20(17)18;1-2-3-4/h1-10H;4H,2-3H2,1H3. The molecule has 0 amide bonds. The summed E-state index contributed by atoms with van der Waals surface area (Å²) in [5, 5.41) is 11.7. The molecule has 5 rings (SSSR count). The van der Waals surface area contributed by atoms with Gasteiger partial charge in [0, 0.05) is 22.8 Å². The summed E-state index contributed by atoms with van der Waals surface area (Å²) in [6.45, 7) is 2.25. The zero-order valence-corrected chi connectivity index (χ0v) is 13.9. The molecule has 0 bridgehead atoms. The summed E-state index contributed by atoms with van der Waals surface area (Å²) < 4.78 is 1.73. The summed E-state index contributed by atoms with van der Waals surface area (Å²) in [5.74, 6) is 0. The second kappa shape index (κ2) is 6.15. The van der Waals surface area contributed by atoms with Crippen LogP contribution in [-0.4, -0.2) is 21.1 Å². The average Bonchev–Trinajstić information content (AvgIpc) is 3.06. The van der Waals surface area contributed by atoms with Crippen molar-refractivity contribution in [2.75, 3.05) is 6.61 Å². The smallest absolute Gasteiger partial charge is 0.264 e. The Morgan fingerprint density at radius 3 is 2.36 bits per heavy atom. The first-order valence-corrected chi connectivity index (χ1v) is 8.41. The Morgan fingerprint density at radius 2 is 1.64 bits per heavy atom. The molecule has 2 aromatic heterocycles. The fraction of sp³-hybridized carbons (Fsp3) is 0.143. The summed E-state index contributed by atoms with van der Waals surface area (Å²) in [4.78, 5) is 17.6. The molecule has 0 aliphatic rings. The predicted molar refractivity (Wildman–Crippen MR) is 103 cm³/mol. The third-order valence-electron chi connectivity index (χ3n) is 4.36. The van der Waals surface area contributed by atoms with E-state index in [2.05, 4.69) is 4.98 Å². The van der Waals surface area contributed by atoms with Crippen LogP contribution in [0.3, 0.4) is 0 Å². The molecule has 3 aromatic carbocycles. The highest BCUT2D eigenvalue weighted by molar-refractivity contribution is 6.15. The van der Waals surface area contributed by atoms with Gasteiger partial charge in [-0.25, -0.2) is 4.98 Å². The number of hydrogen-bond donors (Lipinski definition) is 1. The molecule has 0 saturated carbocycles. The van der Waals surface area contributed by atoms with Crippen LogP contribution in [0.2, 0.25) is 0 Å². The van der Waals surface area contributed by atoms with Crippen LogP contribution >= 0.6 is 0 Å². The third-order valence-corrected chi connectivity index (χ3v) is 4.36.